The molecular formula is C12H18N2O3S. The van der Waals surface area contributed by atoms with Crippen LogP contribution in [0.5, 0.6) is 0 Å². The molecule has 0 amide bonds. The third kappa shape index (κ3) is 2.71. The van der Waals surface area contributed by atoms with Gasteiger partial charge in [-0.1, -0.05) is 6.07 Å². The Bertz CT molecular complexity index is 489. The molecule has 100 valence electrons. The summed E-state index contributed by atoms with van der Waals surface area (Å²) in [5, 5.41) is 9.81. The summed E-state index contributed by atoms with van der Waals surface area (Å²) in [6, 6.07) is 4.71. The molecule has 1 N–H and O–H groups in total. The Morgan fingerprint density at radius 2 is 2.17 bits per heavy atom. The summed E-state index contributed by atoms with van der Waals surface area (Å²) in [7, 11) is -3.61. The first-order valence-corrected chi connectivity index (χ1v) is 7.57. The van der Waals surface area contributed by atoms with E-state index < -0.39 is 16.1 Å². The largest absolute Gasteiger partial charge is 0.392 e. The molecule has 0 spiro atoms. The number of β-amino-alcohol motifs (C(OH)–C–C–N with tert-alkyl or cyclic N) is 1. The first kappa shape index (κ1) is 13.5. The van der Waals surface area contributed by atoms with Crippen LogP contribution in [0.3, 0.4) is 0 Å². The van der Waals surface area contributed by atoms with Gasteiger partial charge in [-0.25, -0.2) is 13.4 Å². The van der Waals surface area contributed by atoms with Gasteiger partial charge in [0.05, 0.1) is 6.10 Å². The van der Waals surface area contributed by atoms with Gasteiger partial charge in [0.25, 0.3) is 10.0 Å². The summed E-state index contributed by atoms with van der Waals surface area (Å²) < 4.78 is 26.3. The van der Waals surface area contributed by atoms with Crippen molar-refractivity contribution in [2.75, 3.05) is 6.54 Å². The Kier molecular flexibility index (Phi) is 3.99. The van der Waals surface area contributed by atoms with Crippen LogP contribution in [0.1, 0.15) is 26.2 Å². The van der Waals surface area contributed by atoms with Crippen molar-refractivity contribution in [3.63, 3.8) is 0 Å². The van der Waals surface area contributed by atoms with E-state index in [0.29, 0.717) is 6.42 Å². The smallest absolute Gasteiger partial charge is 0.260 e. The lowest BCUT2D eigenvalue weighted by Gasteiger charge is -2.26. The third-order valence-electron chi connectivity index (χ3n) is 3.25. The second kappa shape index (κ2) is 5.34. The van der Waals surface area contributed by atoms with E-state index in [-0.39, 0.29) is 17.6 Å². The standard InChI is InChI=1S/C12H18N2O3S/c1-10-5-4-6-11(15)9-14(10)18(16,17)12-7-2-3-8-13-12/h2-3,7-8,10-11,15H,4-6,9H2,1H3/t10-,11-/m1/s1. The van der Waals surface area contributed by atoms with E-state index >= 15 is 0 Å². The van der Waals surface area contributed by atoms with Crippen LogP contribution >= 0.6 is 0 Å². The number of sulfonamides is 1. The molecule has 0 aliphatic carbocycles. The molecule has 0 aromatic carbocycles. The summed E-state index contributed by atoms with van der Waals surface area (Å²) >= 11 is 0. The zero-order chi connectivity index (χ0) is 13.2. The van der Waals surface area contributed by atoms with Crippen LogP contribution < -0.4 is 0 Å². The minimum Gasteiger partial charge on any atom is -0.392 e. The molecule has 1 aliphatic heterocycles. The Labute approximate surface area is 108 Å². The lowest BCUT2D eigenvalue weighted by atomic mass is 10.1. The lowest BCUT2D eigenvalue weighted by molar-refractivity contribution is 0.142. The minimum atomic E-state index is -3.61. The van der Waals surface area contributed by atoms with E-state index in [0.717, 1.165) is 12.8 Å². The molecule has 1 aromatic heterocycles. The third-order valence-corrected chi connectivity index (χ3v) is 5.15. The SMILES string of the molecule is C[C@@H]1CCC[C@@H](O)CN1S(=O)(=O)c1ccccn1. The van der Waals surface area contributed by atoms with Crippen molar-refractivity contribution in [1.82, 2.24) is 9.29 Å². The van der Waals surface area contributed by atoms with Crippen molar-refractivity contribution >= 4 is 10.0 Å². The average molecular weight is 270 g/mol. The van der Waals surface area contributed by atoms with Gasteiger partial charge in [-0.05, 0) is 38.3 Å². The van der Waals surface area contributed by atoms with Crippen LogP contribution in [-0.4, -0.2) is 41.5 Å². The molecule has 18 heavy (non-hydrogen) atoms. The van der Waals surface area contributed by atoms with E-state index in [1.165, 1.54) is 16.6 Å². The predicted molar refractivity (Wildman–Crippen MR) is 67.4 cm³/mol. The first-order valence-electron chi connectivity index (χ1n) is 6.13. The molecule has 5 nitrogen and oxygen atoms in total. The van der Waals surface area contributed by atoms with Crippen molar-refractivity contribution in [2.45, 2.75) is 43.4 Å². The number of aromatic nitrogens is 1. The normalized spacial score (nSPS) is 26.8. The molecular weight excluding hydrogens is 252 g/mol. The van der Waals surface area contributed by atoms with Gasteiger partial charge in [0.2, 0.25) is 0 Å². The highest BCUT2D eigenvalue weighted by molar-refractivity contribution is 7.89. The van der Waals surface area contributed by atoms with Gasteiger partial charge in [-0.3, -0.25) is 0 Å². The maximum atomic E-state index is 12.4. The van der Waals surface area contributed by atoms with Crippen LogP contribution in [0.2, 0.25) is 0 Å². The molecule has 1 aromatic rings. The lowest BCUT2D eigenvalue weighted by Crippen LogP contribution is -2.41. The first-order chi connectivity index (χ1) is 8.51. The molecule has 0 saturated carbocycles. The van der Waals surface area contributed by atoms with E-state index in [1.54, 1.807) is 12.1 Å². The van der Waals surface area contributed by atoms with Gasteiger partial charge in [0.15, 0.2) is 5.03 Å². The highest BCUT2D eigenvalue weighted by atomic mass is 32.2. The predicted octanol–water partition coefficient (Wildman–Crippen LogP) is 1.01. The number of hydrogen-bond acceptors (Lipinski definition) is 4. The molecule has 1 saturated heterocycles. The number of pyridine rings is 1. The van der Waals surface area contributed by atoms with Crippen LogP contribution in [0.4, 0.5) is 0 Å². The maximum Gasteiger partial charge on any atom is 0.260 e. The molecule has 0 bridgehead atoms. The number of rotatable bonds is 2. The summed E-state index contributed by atoms with van der Waals surface area (Å²) in [6.07, 6.45) is 3.14. The number of nitrogens with zero attached hydrogens (tertiary/aromatic N) is 2. The molecule has 6 heteroatoms. The van der Waals surface area contributed by atoms with Crippen molar-refractivity contribution in [3.8, 4) is 0 Å². The summed E-state index contributed by atoms with van der Waals surface area (Å²) in [5.41, 5.74) is 0. The number of aliphatic hydroxyl groups is 1. The fourth-order valence-electron chi connectivity index (χ4n) is 2.23. The zero-order valence-electron chi connectivity index (χ0n) is 10.4. The number of hydrogen-bond donors (Lipinski definition) is 1. The van der Waals surface area contributed by atoms with Crippen LogP contribution in [0, 0.1) is 0 Å². The molecule has 2 heterocycles. The van der Waals surface area contributed by atoms with E-state index in [4.69, 9.17) is 0 Å². The maximum absolute atomic E-state index is 12.4. The topological polar surface area (TPSA) is 70.5 Å². The van der Waals surface area contributed by atoms with E-state index in [2.05, 4.69) is 4.98 Å². The second-order valence-electron chi connectivity index (χ2n) is 4.68. The molecule has 2 atom stereocenters. The van der Waals surface area contributed by atoms with Crippen molar-refractivity contribution < 1.29 is 13.5 Å². The average Bonchev–Trinajstić information content (AvgIpc) is 2.53. The van der Waals surface area contributed by atoms with Crippen LogP contribution in [0.15, 0.2) is 29.4 Å². The summed E-state index contributed by atoms with van der Waals surface area (Å²) in [4.78, 5) is 3.90. The highest BCUT2D eigenvalue weighted by Crippen LogP contribution is 2.23. The van der Waals surface area contributed by atoms with Crippen LogP contribution in [-0.2, 0) is 10.0 Å². The highest BCUT2D eigenvalue weighted by Gasteiger charge is 2.33. The van der Waals surface area contributed by atoms with Crippen molar-refractivity contribution in [3.05, 3.63) is 24.4 Å². The Morgan fingerprint density at radius 3 is 2.83 bits per heavy atom. The van der Waals surface area contributed by atoms with E-state index in [1.807, 2.05) is 6.92 Å². The monoisotopic (exact) mass is 270 g/mol. The summed E-state index contributed by atoms with van der Waals surface area (Å²) in [6.45, 7) is 2.03. The van der Waals surface area contributed by atoms with Gasteiger partial charge < -0.3 is 5.11 Å². The quantitative estimate of drug-likeness (QED) is 0.870. The molecule has 1 fully saturated rings. The summed E-state index contributed by atoms with van der Waals surface area (Å²) in [5.74, 6) is 0. The van der Waals surface area contributed by atoms with Gasteiger partial charge >= 0.3 is 0 Å². The van der Waals surface area contributed by atoms with Gasteiger partial charge in [-0.15, -0.1) is 0 Å². The number of aliphatic hydroxyl groups excluding tert-OH is 1. The van der Waals surface area contributed by atoms with Crippen molar-refractivity contribution in [1.29, 1.82) is 0 Å². The molecule has 0 radical (unpaired) electrons. The van der Waals surface area contributed by atoms with Gasteiger partial charge in [0.1, 0.15) is 0 Å². The molecule has 0 unspecified atom stereocenters. The molecule has 2 rings (SSSR count). The van der Waals surface area contributed by atoms with Gasteiger partial charge in [-0.2, -0.15) is 4.31 Å². The fourth-order valence-corrected chi connectivity index (χ4v) is 3.86. The minimum absolute atomic E-state index is 0.0472. The van der Waals surface area contributed by atoms with Crippen LogP contribution in [0.25, 0.3) is 0 Å². The molecule has 1 aliphatic rings. The van der Waals surface area contributed by atoms with E-state index in [9.17, 15) is 13.5 Å². The second-order valence-corrected chi connectivity index (χ2v) is 6.51. The Morgan fingerprint density at radius 1 is 1.39 bits per heavy atom. The van der Waals surface area contributed by atoms with Crippen molar-refractivity contribution in [2.24, 2.45) is 0 Å². The Hall–Kier alpha value is -0.980. The fraction of sp³-hybridized carbons (Fsp3) is 0.583. The van der Waals surface area contributed by atoms with Gasteiger partial charge in [0, 0.05) is 18.8 Å². The Balaban J connectivity index is 2.33. The zero-order valence-corrected chi connectivity index (χ0v) is 11.2.